The number of hydrogen-bond donors (Lipinski definition) is 2. The van der Waals surface area contributed by atoms with Crippen molar-refractivity contribution in [2.24, 2.45) is 0 Å². The Bertz CT molecular complexity index is 1550. The van der Waals surface area contributed by atoms with Crippen LogP contribution in [0.4, 0.5) is 8.78 Å². The Labute approximate surface area is 216 Å². The fraction of sp³-hybridized carbons (Fsp3) is 0.296. The first-order valence-corrected chi connectivity index (χ1v) is 13.2. The summed E-state index contributed by atoms with van der Waals surface area (Å²) in [6.45, 7) is 3.02. The van der Waals surface area contributed by atoms with Crippen LogP contribution < -0.4 is 5.32 Å². The van der Waals surface area contributed by atoms with E-state index in [0.717, 1.165) is 52.5 Å². The first-order chi connectivity index (χ1) is 18.0. The Morgan fingerprint density at radius 2 is 2.03 bits per heavy atom. The number of hydrogen-bond acceptors (Lipinski definition) is 5. The SMILES string of the molecule is O=C(NCCCN1CCC(F)CC1)c1ccc2c(c1)sc1nc(-c3ccc(-c4ccn[nH]4)cc3F)cn12. The molecule has 190 valence electrons. The van der Waals surface area contributed by atoms with Crippen LogP contribution >= 0.6 is 11.3 Å². The van der Waals surface area contributed by atoms with Gasteiger partial charge in [-0.3, -0.25) is 14.3 Å². The summed E-state index contributed by atoms with van der Waals surface area (Å²) < 4.78 is 31.1. The highest BCUT2D eigenvalue weighted by Crippen LogP contribution is 2.32. The van der Waals surface area contributed by atoms with Gasteiger partial charge in [0.1, 0.15) is 12.0 Å². The number of benzene rings is 2. The number of amides is 1. The highest BCUT2D eigenvalue weighted by Gasteiger charge is 2.18. The zero-order valence-electron chi connectivity index (χ0n) is 20.1. The summed E-state index contributed by atoms with van der Waals surface area (Å²) in [4.78, 5) is 20.3. The van der Waals surface area contributed by atoms with Gasteiger partial charge >= 0.3 is 0 Å². The van der Waals surface area contributed by atoms with E-state index in [1.54, 1.807) is 24.4 Å². The number of aromatic nitrogens is 4. The molecular formula is C27H26F2N6OS. The minimum Gasteiger partial charge on any atom is -0.352 e. The standard InChI is InChI=1S/C27H26F2N6OS/c28-19-7-12-34(13-8-19)11-1-9-30-26(36)18-3-5-24-25(15-18)37-27-32-23(16-35(24)27)20-4-2-17(14-21(20)29)22-6-10-31-33-22/h2-6,10,14-16,19H,1,7-9,11-13H2,(H,30,36)(H,31,33). The van der Waals surface area contributed by atoms with E-state index in [-0.39, 0.29) is 11.7 Å². The maximum absolute atomic E-state index is 14.9. The third kappa shape index (κ3) is 4.86. The highest BCUT2D eigenvalue weighted by atomic mass is 32.1. The average molecular weight is 521 g/mol. The van der Waals surface area contributed by atoms with E-state index >= 15 is 0 Å². The fourth-order valence-electron chi connectivity index (χ4n) is 4.81. The van der Waals surface area contributed by atoms with E-state index in [2.05, 4.69) is 25.4 Å². The monoisotopic (exact) mass is 520 g/mol. The molecule has 1 saturated heterocycles. The number of aromatic amines is 1. The predicted molar refractivity (Wildman–Crippen MR) is 141 cm³/mol. The number of rotatable bonds is 7. The van der Waals surface area contributed by atoms with Gasteiger partial charge in [-0.1, -0.05) is 17.4 Å². The Kier molecular flexibility index (Phi) is 6.43. The Hall–Kier alpha value is -3.63. The molecule has 6 rings (SSSR count). The zero-order chi connectivity index (χ0) is 25.4. The van der Waals surface area contributed by atoms with E-state index in [9.17, 15) is 13.6 Å². The number of alkyl halides is 1. The number of H-pyrrole nitrogens is 1. The van der Waals surface area contributed by atoms with Crippen LogP contribution in [0, 0.1) is 5.82 Å². The van der Waals surface area contributed by atoms with Gasteiger partial charge in [0.15, 0.2) is 4.96 Å². The molecule has 0 radical (unpaired) electrons. The normalized spacial score (nSPS) is 15.1. The van der Waals surface area contributed by atoms with Crippen LogP contribution in [0.25, 0.3) is 37.7 Å². The van der Waals surface area contributed by atoms with Crippen molar-refractivity contribution < 1.29 is 13.6 Å². The Balaban J connectivity index is 1.13. The van der Waals surface area contributed by atoms with Gasteiger partial charge < -0.3 is 10.2 Å². The summed E-state index contributed by atoms with van der Waals surface area (Å²) in [5.74, 6) is -0.469. The minimum atomic E-state index is -0.668. The van der Waals surface area contributed by atoms with E-state index in [1.165, 1.54) is 17.4 Å². The summed E-state index contributed by atoms with van der Waals surface area (Å²) in [5, 5.41) is 9.74. The van der Waals surface area contributed by atoms with Crippen molar-refractivity contribution in [2.75, 3.05) is 26.2 Å². The summed E-state index contributed by atoms with van der Waals surface area (Å²) in [6.07, 6.45) is 4.83. The molecule has 0 atom stereocenters. The van der Waals surface area contributed by atoms with Crippen LogP contribution in [-0.4, -0.2) is 62.7 Å². The third-order valence-electron chi connectivity index (χ3n) is 6.87. The first kappa shape index (κ1) is 23.7. The third-order valence-corrected chi connectivity index (χ3v) is 7.88. The largest absolute Gasteiger partial charge is 0.352 e. The topological polar surface area (TPSA) is 78.3 Å². The molecule has 0 aliphatic carbocycles. The fourth-order valence-corrected chi connectivity index (χ4v) is 5.86. The van der Waals surface area contributed by atoms with Gasteiger partial charge in [0.25, 0.3) is 5.91 Å². The van der Waals surface area contributed by atoms with E-state index in [4.69, 9.17) is 0 Å². The van der Waals surface area contributed by atoms with Crippen LogP contribution in [-0.2, 0) is 0 Å². The molecule has 1 aliphatic rings. The summed E-state index contributed by atoms with van der Waals surface area (Å²) >= 11 is 1.46. The summed E-state index contributed by atoms with van der Waals surface area (Å²) in [5.41, 5.74) is 3.96. The molecule has 1 amide bonds. The number of nitrogens with one attached hydrogen (secondary N) is 2. The smallest absolute Gasteiger partial charge is 0.251 e. The number of thiazole rings is 1. The molecule has 4 heterocycles. The number of imidazole rings is 1. The lowest BCUT2D eigenvalue weighted by atomic mass is 10.1. The molecule has 7 nitrogen and oxygen atoms in total. The number of piperidine rings is 1. The zero-order valence-corrected chi connectivity index (χ0v) is 20.9. The molecule has 5 aromatic rings. The molecule has 0 spiro atoms. The maximum Gasteiger partial charge on any atom is 0.251 e. The van der Waals surface area contributed by atoms with E-state index in [1.807, 2.05) is 28.8 Å². The second-order valence-electron chi connectivity index (χ2n) is 9.35. The van der Waals surface area contributed by atoms with Gasteiger partial charge in [-0.2, -0.15) is 5.10 Å². The summed E-state index contributed by atoms with van der Waals surface area (Å²) in [7, 11) is 0. The maximum atomic E-state index is 14.9. The average Bonchev–Trinajstić information content (AvgIpc) is 3.64. The quantitative estimate of drug-likeness (QED) is 0.286. The molecule has 10 heteroatoms. The van der Waals surface area contributed by atoms with Gasteiger partial charge in [-0.05, 0) is 62.2 Å². The number of carbonyl (C=O) groups excluding carboxylic acids is 1. The van der Waals surface area contributed by atoms with Crippen LogP contribution in [0.2, 0.25) is 0 Å². The van der Waals surface area contributed by atoms with E-state index in [0.29, 0.717) is 36.2 Å². The highest BCUT2D eigenvalue weighted by molar-refractivity contribution is 7.23. The molecule has 0 bridgehead atoms. The number of halogens is 2. The lowest BCUT2D eigenvalue weighted by molar-refractivity contribution is 0.0950. The molecule has 2 aromatic carbocycles. The van der Waals surface area contributed by atoms with Crippen LogP contribution in [0.15, 0.2) is 54.9 Å². The molecule has 2 N–H and O–H groups in total. The molecule has 1 aliphatic heterocycles. The van der Waals surface area contributed by atoms with Crippen molar-refractivity contribution in [3.05, 3.63) is 66.2 Å². The Morgan fingerprint density at radius 1 is 1.16 bits per heavy atom. The van der Waals surface area contributed by atoms with Crippen LogP contribution in [0.1, 0.15) is 29.6 Å². The van der Waals surface area contributed by atoms with Gasteiger partial charge in [0, 0.05) is 48.7 Å². The number of fused-ring (bicyclic) bond motifs is 3. The molecule has 3 aromatic heterocycles. The van der Waals surface area contributed by atoms with E-state index < -0.39 is 6.17 Å². The Morgan fingerprint density at radius 3 is 2.81 bits per heavy atom. The van der Waals surface area contributed by atoms with Crippen LogP contribution in [0.5, 0.6) is 0 Å². The number of likely N-dealkylation sites (tertiary alicyclic amines) is 1. The van der Waals surface area contributed by atoms with Crippen molar-refractivity contribution in [2.45, 2.75) is 25.4 Å². The number of carbonyl (C=O) groups is 1. The van der Waals surface area contributed by atoms with Gasteiger partial charge in [0.2, 0.25) is 0 Å². The molecule has 0 unspecified atom stereocenters. The molecule has 0 saturated carbocycles. The minimum absolute atomic E-state index is 0.115. The lowest BCUT2D eigenvalue weighted by Crippen LogP contribution is -2.36. The van der Waals surface area contributed by atoms with Crippen molar-refractivity contribution >= 4 is 32.4 Å². The first-order valence-electron chi connectivity index (χ1n) is 12.4. The van der Waals surface area contributed by atoms with Gasteiger partial charge in [0.05, 0.1) is 21.6 Å². The predicted octanol–water partition coefficient (Wildman–Crippen LogP) is 5.30. The van der Waals surface area contributed by atoms with Crippen molar-refractivity contribution in [3.8, 4) is 22.5 Å². The van der Waals surface area contributed by atoms with Gasteiger partial charge in [-0.15, -0.1) is 0 Å². The molecule has 37 heavy (non-hydrogen) atoms. The summed E-state index contributed by atoms with van der Waals surface area (Å²) in [6, 6.07) is 12.4. The lowest BCUT2D eigenvalue weighted by Gasteiger charge is -2.28. The van der Waals surface area contributed by atoms with Crippen LogP contribution in [0.3, 0.4) is 0 Å². The van der Waals surface area contributed by atoms with Crippen molar-refractivity contribution in [3.63, 3.8) is 0 Å². The van der Waals surface area contributed by atoms with Crippen molar-refractivity contribution in [1.29, 1.82) is 0 Å². The second-order valence-corrected chi connectivity index (χ2v) is 10.4. The van der Waals surface area contributed by atoms with Crippen molar-refractivity contribution in [1.82, 2.24) is 29.8 Å². The molecular weight excluding hydrogens is 494 g/mol. The second kappa shape index (κ2) is 10.0. The molecule has 1 fully saturated rings. The van der Waals surface area contributed by atoms with Gasteiger partial charge in [-0.25, -0.2) is 13.8 Å². The number of nitrogens with zero attached hydrogens (tertiary/aromatic N) is 4.